The molecule has 66 heavy (non-hydrogen) atoms. The summed E-state index contributed by atoms with van der Waals surface area (Å²) in [6, 6.07) is -0.176. The van der Waals surface area contributed by atoms with Crippen LogP contribution >= 0.6 is 0 Å². The fourth-order valence-corrected chi connectivity index (χ4v) is 11.0. The van der Waals surface area contributed by atoms with Crippen LogP contribution in [-0.2, 0) is 52.2 Å². The largest absolute Gasteiger partial charge is 0.462 e. The standard InChI is InChI=1S/C51H78N2O13/c1-13-28(2)46-31(5)19-20-50(66-46)25-37-22-36(65-50)18-17-30(4)45(29(3)15-14-16-35-26-59-48-44(54)32(6)21-38(49(55)62-37)51(35,48)56)63-42-24-40(58-12)47(34(8)61-42)64-41-23-39(57-11)43(33(7)60-41)52-27-53(9)10/h14-17,19-21,27-29,31,33-34,36-48,54,56H,13,18,22-26H2,1-12H3/b15-14+,30-17+,35-16+,52-27?/t28?,29-,31-,33-,34-,36+,37-,38-,39-,40-,41-,42-,43+,44+,45-,46+,47-,48+,50+,51+/m0/s1. The van der Waals surface area contributed by atoms with Crippen molar-refractivity contribution >= 4 is 12.3 Å². The molecule has 1 spiro atoms. The lowest BCUT2D eigenvalue weighted by Gasteiger charge is -2.48. The number of nitrogens with zero attached hydrogens (tertiary/aromatic N) is 2. The average Bonchev–Trinajstić information content (AvgIpc) is 3.62. The second kappa shape index (κ2) is 21.5. The lowest BCUT2D eigenvalue weighted by atomic mass is 9.71. The number of esters is 1. The van der Waals surface area contributed by atoms with Gasteiger partial charge < -0.3 is 62.5 Å². The molecule has 2 bridgehead atoms. The Balaban J connectivity index is 1.16. The molecule has 15 heteroatoms. The molecule has 6 heterocycles. The van der Waals surface area contributed by atoms with E-state index in [0.717, 1.165) is 12.0 Å². The number of ether oxygens (including phenoxy) is 10. The minimum absolute atomic E-state index is 0.0360. The molecule has 0 radical (unpaired) electrons. The number of hydrogen-bond acceptors (Lipinski definition) is 14. The Morgan fingerprint density at radius 2 is 1.65 bits per heavy atom. The number of fused-ring (bicyclic) bond motifs is 2. The number of carbonyl (C=O) groups is 1. The van der Waals surface area contributed by atoms with Crippen LogP contribution in [0.15, 0.2) is 64.2 Å². The maximum atomic E-state index is 14.4. The molecular weight excluding hydrogens is 849 g/mol. The summed E-state index contributed by atoms with van der Waals surface area (Å²) in [6.45, 7) is 16.4. The number of aliphatic hydroxyl groups is 2. The van der Waals surface area contributed by atoms with Gasteiger partial charge in [0.1, 0.15) is 42.0 Å². The monoisotopic (exact) mass is 927 g/mol. The van der Waals surface area contributed by atoms with Crippen molar-refractivity contribution in [2.45, 2.75) is 191 Å². The van der Waals surface area contributed by atoms with E-state index in [2.05, 4.69) is 46.8 Å². The topological polar surface area (TPSA) is 165 Å². The maximum Gasteiger partial charge on any atom is 0.316 e. The Morgan fingerprint density at radius 3 is 2.36 bits per heavy atom. The van der Waals surface area contributed by atoms with Crippen LogP contribution in [0.3, 0.4) is 0 Å². The molecule has 2 N–H and O–H groups in total. The van der Waals surface area contributed by atoms with Crippen LogP contribution in [0.1, 0.15) is 93.9 Å². The highest BCUT2D eigenvalue weighted by Crippen LogP contribution is 2.47. The molecule has 1 aliphatic carbocycles. The second-order valence-electron chi connectivity index (χ2n) is 20.2. The second-order valence-corrected chi connectivity index (χ2v) is 20.2. The van der Waals surface area contributed by atoms with E-state index in [-0.39, 0.29) is 60.9 Å². The van der Waals surface area contributed by atoms with Crippen LogP contribution in [0.2, 0.25) is 0 Å². The minimum atomic E-state index is -1.83. The van der Waals surface area contributed by atoms with Crippen molar-refractivity contribution in [3.05, 3.63) is 59.3 Å². The van der Waals surface area contributed by atoms with Gasteiger partial charge in [-0.15, -0.1) is 0 Å². The Morgan fingerprint density at radius 1 is 0.939 bits per heavy atom. The minimum Gasteiger partial charge on any atom is -0.462 e. The van der Waals surface area contributed by atoms with Crippen molar-refractivity contribution in [1.82, 2.24) is 4.90 Å². The third-order valence-corrected chi connectivity index (χ3v) is 15.0. The zero-order valence-corrected chi connectivity index (χ0v) is 41.2. The summed E-state index contributed by atoms with van der Waals surface area (Å²) in [5, 5.41) is 23.8. The molecule has 0 amide bonds. The van der Waals surface area contributed by atoms with E-state index in [9.17, 15) is 15.0 Å². The van der Waals surface area contributed by atoms with Crippen molar-refractivity contribution in [3.8, 4) is 0 Å². The quantitative estimate of drug-likeness (QED) is 0.114. The van der Waals surface area contributed by atoms with Crippen LogP contribution in [0, 0.1) is 23.7 Å². The molecule has 15 nitrogen and oxygen atoms in total. The number of rotatable bonds is 10. The fourth-order valence-electron chi connectivity index (χ4n) is 11.0. The maximum absolute atomic E-state index is 14.4. The molecule has 7 aliphatic rings. The van der Waals surface area contributed by atoms with Crippen molar-refractivity contribution in [2.75, 3.05) is 34.9 Å². The van der Waals surface area contributed by atoms with E-state index < -0.39 is 72.5 Å². The van der Waals surface area contributed by atoms with E-state index in [1.807, 2.05) is 51.1 Å². The van der Waals surface area contributed by atoms with E-state index in [1.54, 1.807) is 39.6 Å². The number of methoxy groups -OCH3 is 2. The third kappa shape index (κ3) is 10.8. The molecule has 7 rings (SSSR count). The van der Waals surface area contributed by atoms with Gasteiger partial charge in [-0.05, 0) is 62.8 Å². The first kappa shape index (κ1) is 51.1. The first-order valence-electron chi connectivity index (χ1n) is 24.3. The number of aliphatic imine (C=N–C) groups is 1. The summed E-state index contributed by atoms with van der Waals surface area (Å²) in [5.41, 5.74) is 0.159. The Bertz CT molecular complexity index is 1870. The summed E-state index contributed by atoms with van der Waals surface area (Å²) < 4.78 is 64.9. The molecule has 0 saturated carbocycles. The summed E-state index contributed by atoms with van der Waals surface area (Å²) in [7, 11) is 7.23. The third-order valence-electron chi connectivity index (χ3n) is 15.0. The van der Waals surface area contributed by atoms with Crippen LogP contribution in [0.5, 0.6) is 0 Å². The van der Waals surface area contributed by atoms with Crippen molar-refractivity contribution in [3.63, 3.8) is 0 Å². The van der Waals surface area contributed by atoms with Gasteiger partial charge in [0.25, 0.3) is 0 Å². The summed E-state index contributed by atoms with van der Waals surface area (Å²) in [6.07, 6.45) is 12.0. The Hall–Kier alpha value is -2.80. The Kier molecular flexibility index (Phi) is 16.6. The lowest BCUT2D eigenvalue weighted by molar-refractivity contribution is -0.311. The fraction of sp³-hybridized carbons (Fsp3) is 0.765. The van der Waals surface area contributed by atoms with Gasteiger partial charge in [-0.2, -0.15) is 0 Å². The van der Waals surface area contributed by atoms with E-state index >= 15 is 0 Å². The molecular formula is C51H78N2O13. The number of allylic oxidation sites excluding steroid dienone is 2. The normalized spacial score (nSPS) is 47.0. The summed E-state index contributed by atoms with van der Waals surface area (Å²) >= 11 is 0. The molecule has 0 aromatic heterocycles. The highest BCUT2D eigenvalue weighted by Gasteiger charge is 2.60. The van der Waals surface area contributed by atoms with Crippen LogP contribution in [0.25, 0.3) is 0 Å². The number of hydrogen-bond donors (Lipinski definition) is 2. The predicted octanol–water partition coefficient (Wildman–Crippen LogP) is 5.98. The van der Waals surface area contributed by atoms with E-state index in [4.69, 9.17) is 52.4 Å². The van der Waals surface area contributed by atoms with Crippen molar-refractivity contribution in [2.24, 2.45) is 28.7 Å². The number of aliphatic hydroxyl groups excluding tert-OH is 1. The van der Waals surface area contributed by atoms with Gasteiger partial charge in [0.2, 0.25) is 0 Å². The molecule has 4 saturated heterocycles. The molecule has 0 aromatic rings. The highest BCUT2D eigenvalue weighted by molar-refractivity contribution is 5.78. The van der Waals surface area contributed by atoms with Gasteiger partial charge in [-0.1, -0.05) is 70.6 Å². The first-order valence-corrected chi connectivity index (χ1v) is 24.3. The molecule has 0 aromatic carbocycles. The predicted molar refractivity (Wildman–Crippen MR) is 247 cm³/mol. The van der Waals surface area contributed by atoms with Gasteiger partial charge in [0, 0.05) is 65.8 Å². The summed E-state index contributed by atoms with van der Waals surface area (Å²) in [4.78, 5) is 21.0. The SMILES string of the molecule is CCC(C)[C@H]1O[C@]2(C=C[C@@H]1C)C[C@@H]1C[C@@H](C/C=C(\C)[C@@H](O[C@H]3C[C@H](OC)[C@@H](O[C@H]4C[C@H](OC)[C@H](N=CN(C)C)[C@H](C)O4)[C@H](C)O3)[C@@H](C)/C=C/C=C3\CO[C@@H]4[C@H](O)C(C)=C[C@@H](C(=O)O1)[C@]34O)O2. The average molecular weight is 927 g/mol. The molecule has 1 unspecified atom stereocenters. The smallest absolute Gasteiger partial charge is 0.316 e. The molecule has 370 valence electrons. The van der Waals surface area contributed by atoms with Crippen LogP contribution in [-0.4, -0.2) is 159 Å². The van der Waals surface area contributed by atoms with Gasteiger partial charge in [0.15, 0.2) is 18.4 Å². The lowest BCUT2D eigenvalue weighted by Crippen LogP contribution is -2.58. The number of carbonyl (C=O) groups excluding carboxylic acids is 1. The van der Waals surface area contributed by atoms with Crippen LogP contribution in [0.4, 0.5) is 0 Å². The first-order chi connectivity index (χ1) is 31.4. The van der Waals surface area contributed by atoms with Crippen molar-refractivity contribution in [1.29, 1.82) is 0 Å². The van der Waals surface area contributed by atoms with Gasteiger partial charge in [0.05, 0.1) is 55.7 Å². The van der Waals surface area contributed by atoms with E-state index in [1.165, 1.54) is 0 Å². The van der Waals surface area contributed by atoms with Crippen LogP contribution < -0.4 is 0 Å². The molecule has 20 atom stereocenters. The zero-order chi connectivity index (χ0) is 47.7. The highest BCUT2D eigenvalue weighted by atomic mass is 16.7. The molecule has 6 aliphatic heterocycles. The zero-order valence-electron chi connectivity index (χ0n) is 41.2. The van der Waals surface area contributed by atoms with Gasteiger partial charge >= 0.3 is 5.97 Å². The van der Waals surface area contributed by atoms with Gasteiger partial charge in [-0.25, -0.2) is 0 Å². The Labute approximate surface area is 392 Å². The van der Waals surface area contributed by atoms with Gasteiger partial charge in [-0.3, -0.25) is 9.79 Å². The van der Waals surface area contributed by atoms with E-state index in [0.29, 0.717) is 43.3 Å². The van der Waals surface area contributed by atoms with Crippen molar-refractivity contribution < 1.29 is 62.4 Å². The summed E-state index contributed by atoms with van der Waals surface area (Å²) in [5.74, 6) is -2.54. The molecule has 4 fully saturated rings.